The van der Waals surface area contributed by atoms with Crippen LogP contribution >= 0.6 is 0 Å². The minimum Gasteiger partial charge on any atom is -0.459 e. The smallest absolute Gasteiger partial charge is 0.290 e. The molecule has 1 N–H and O–H groups in total. The lowest BCUT2D eigenvalue weighted by atomic mass is 9.94. The first-order valence-corrected chi connectivity index (χ1v) is 9.35. The summed E-state index contributed by atoms with van der Waals surface area (Å²) in [4.78, 5) is 37.6. The first-order chi connectivity index (χ1) is 13.5. The lowest BCUT2D eigenvalue weighted by Gasteiger charge is -2.33. The molecule has 0 spiro atoms. The van der Waals surface area contributed by atoms with Gasteiger partial charge in [-0.15, -0.1) is 0 Å². The van der Waals surface area contributed by atoms with Crippen molar-refractivity contribution in [3.63, 3.8) is 0 Å². The van der Waals surface area contributed by atoms with Gasteiger partial charge in [0.15, 0.2) is 5.76 Å². The number of amides is 2. The molecule has 1 aliphatic rings. The summed E-state index contributed by atoms with van der Waals surface area (Å²) in [6.45, 7) is 1.62. The Morgan fingerprint density at radius 2 is 2.00 bits per heavy atom. The molecule has 0 radical (unpaired) electrons. The van der Waals surface area contributed by atoms with Gasteiger partial charge in [-0.1, -0.05) is 25.3 Å². The average molecular weight is 385 g/mol. The summed E-state index contributed by atoms with van der Waals surface area (Å²) in [7, 11) is 0. The standard InChI is InChI=1S/C20H23N3O5/c1-14-9-10-16(23(26)27)12-17(14)21-19(24)13-22(15-6-3-2-4-7-15)20(25)18-8-5-11-28-18/h5,8-12,15H,2-4,6-7,13H2,1H3,(H,21,24). The minimum absolute atomic E-state index is 0.0247. The molecule has 1 aromatic heterocycles. The molecule has 1 heterocycles. The number of carbonyl (C=O) groups is 2. The van der Waals surface area contributed by atoms with Gasteiger partial charge in [0.05, 0.1) is 16.9 Å². The Morgan fingerprint density at radius 3 is 2.64 bits per heavy atom. The number of rotatable bonds is 6. The fraction of sp³-hybridized carbons (Fsp3) is 0.400. The van der Waals surface area contributed by atoms with Gasteiger partial charge in [-0.3, -0.25) is 19.7 Å². The first kappa shape index (κ1) is 19.6. The van der Waals surface area contributed by atoms with E-state index in [1.807, 2.05) is 0 Å². The number of benzene rings is 1. The molecule has 8 heteroatoms. The van der Waals surface area contributed by atoms with Crippen LogP contribution in [0.5, 0.6) is 0 Å². The van der Waals surface area contributed by atoms with Crippen molar-refractivity contribution in [1.82, 2.24) is 4.90 Å². The van der Waals surface area contributed by atoms with E-state index in [4.69, 9.17) is 4.42 Å². The van der Waals surface area contributed by atoms with E-state index in [9.17, 15) is 19.7 Å². The van der Waals surface area contributed by atoms with Crippen molar-refractivity contribution >= 4 is 23.2 Å². The van der Waals surface area contributed by atoms with Crippen LogP contribution in [0, 0.1) is 17.0 Å². The van der Waals surface area contributed by atoms with Gasteiger partial charge in [0.1, 0.15) is 6.54 Å². The van der Waals surface area contributed by atoms with Crippen LogP contribution in [0.15, 0.2) is 41.0 Å². The van der Waals surface area contributed by atoms with Crippen molar-refractivity contribution in [1.29, 1.82) is 0 Å². The number of aryl methyl sites for hydroxylation is 1. The maximum atomic E-state index is 12.9. The largest absolute Gasteiger partial charge is 0.459 e. The Bertz CT molecular complexity index is 857. The molecule has 0 saturated heterocycles. The number of nitrogens with zero attached hydrogens (tertiary/aromatic N) is 2. The van der Waals surface area contributed by atoms with Crippen LogP contribution in [-0.4, -0.2) is 34.2 Å². The van der Waals surface area contributed by atoms with Gasteiger partial charge in [-0.2, -0.15) is 0 Å². The monoisotopic (exact) mass is 385 g/mol. The third-order valence-corrected chi connectivity index (χ3v) is 5.03. The van der Waals surface area contributed by atoms with Crippen LogP contribution in [0.25, 0.3) is 0 Å². The van der Waals surface area contributed by atoms with E-state index in [0.717, 1.165) is 32.1 Å². The van der Waals surface area contributed by atoms with Gasteiger partial charge in [-0.25, -0.2) is 0 Å². The zero-order chi connectivity index (χ0) is 20.1. The van der Waals surface area contributed by atoms with Gasteiger partial charge >= 0.3 is 0 Å². The van der Waals surface area contributed by atoms with Crippen molar-refractivity contribution in [3.8, 4) is 0 Å². The zero-order valence-electron chi connectivity index (χ0n) is 15.7. The topological polar surface area (TPSA) is 106 Å². The van der Waals surface area contributed by atoms with Crippen molar-refractivity contribution in [2.45, 2.75) is 45.1 Å². The summed E-state index contributed by atoms with van der Waals surface area (Å²) in [6.07, 6.45) is 6.26. The van der Waals surface area contributed by atoms with Crippen LogP contribution in [0.2, 0.25) is 0 Å². The zero-order valence-corrected chi connectivity index (χ0v) is 15.7. The number of carbonyl (C=O) groups excluding carboxylic acids is 2. The Kier molecular flexibility index (Phi) is 6.08. The molecule has 2 aromatic rings. The molecule has 148 valence electrons. The van der Waals surface area contributed by atoms with Crippen molar-refractivity contribution in [2.75, 3.05) is 11.9 Å². The Balaban J connectivity index is 1.76. The molecule has 2 amide bonds. The summed E-state index contributed by atoms with van der Waals surface area (Å²) in [6, 6.07) is 7.50. The molecular formula is C20H23N3O5. The number of hydrogen-bond acceptors (Lipinski definition) is 5. The minimum atomic E-state index is -0.510. The van der Waals surface area contributed by atoms with Crippen LogP contribution in [0.4, 0.5) is 11.4 Å². The predicted molar refractivity (Wildman–Crippen MR) is 103 cm³/mol. The Labute approximate surface area is 162 Å². The highest BCUT2D eigenvalue weighted by atomic mass is 16.6. The van der Waals surface area contributed by atoms with E-state index in [1.54, 1.807) is 30.0 Å². The first-order valence-electron chi connectivity index (χ1n) is 9.35. The highest BCUT2D eigenvalue weighted by molar-refractivity contribution is 5.98. The van der Waals surface area contributed by atoms with Gasteiger partial charge in [-0.05, 0) is 37.5 Å². The summed E-state index contributed by atoms with van der Waals surface area (Å²) in [5.74, 6) is -0.512. The lowest BCUT2D eigenvalue weighted by molar-refractivity contribution is -0.384. The third-order valence-electron chi connectivity index (χ3n) is 5.03. The normalized spacial score (nSPS) is 14.5. The Hall–Kier alpha value is -3.16. The SMILES string of the molecule is Cc1ccc([N+](=O)[O-])cc1NC(=O)CN(C(=O)c1ccco1)C1CCCCC1. The molecule has 1 aliphatic carbocycles. The van der Waals surface area contributed by atoms with Gasteiger partial charge in [0.25, 0.3) is 11.6 Å². The molecule has 0 bridgehead atoms. The van der Waals surface area contributed by atoms with Crippen LogP contribution in [0.1, 0.15) is 48.2 Å². The summed E-state index contributed by atoms with van der Waals surface area (Å²) >= 11 is 0. The van der Waals surface area contributed by atoms with Gasteiger partial charge in [0, 0.05) is 18.2 Å². The second kappa shape index (κ2) is 8.69. The van der Waals surface area contributed by atoms with E-state index < -0.39 is 10.8 Å². The summed E-state index contributed by atoms with van der Waals surface area (Å²) in [5, 5.41) is 13.7. The third kappa shape index (κ3) is 4.57. The van der Waals surface area contributed by atoms with Crippen LogP contribution < -0.4 is 5.32 Å². The molecule has 0 atom stereocenters. The number of non-ortho nitro benzene ring substituents is 1. The fourth-order valence-corrected chi connectivity index (χ4v) is 3.50. The molecule has 0 aliphatic heterocycles. The highest BCUT2D eigenvalue weighted by Gasteiger charge is 2.29. The van der Waals surface area contributed by atoms with E-state index in [0.29, 0.717) is 11.3 Å². The number of anilines is 1. The van der Waals surface area contributed by atoms with Gasteiger partial charge in [0.2, 0.25) is 5.91 Å². The van der Waals surface area contributed by atoms with Gasteiger partial charge < -0.3 is 14.6 Å². The fourth-order valence-electron chi connectivity index (χ4n) is 3.50. The molecule has 8 nitrogen and oxygen atoms in total. The van der Waals surface area contributed by atoms with Crippen LogP contribution in [0.3, 0.4) is 0 Å². The van der Waals surface area contributed by atoms with Crippen molar-refractivity contribution in [2.24, 2.45) is 0 Å². The maximum absolute atomic E-state index is 12.9. The number of nitro groups is 1. The van der Waals surface area contributed by atoms with E-state index in [2.05, 4.69) is 5.32 Å². The molecule has 1 saturated carbocycles. The average Bonchev–Trinajstić information content (AvgIpc) is 3.22. The second-order valence-corrected chi connectivity index (χ2v) is 7.01. The quantitative estimate of drug-likeness (QED) is 0.599. The van der Waals surface area contributed by atoms with E-state index >= 15 is 0 Å². The predicted octanol–water partition coefficient (Wildman–Crippen LogP) is 3.91. The number of furan rings is 1. The van der Waals surface area contributed by atoms with E-state index in [1.165, 1.54) is 18.4 Å². The van der Waals surface area contributed by atoms with Crippen LogP contribution in [-0.2, 0) is 4.79 Å². The highest BCUT2D eigenvalue weighted by Crippen LogP contribution is 2.25. The maximum Gasteiger partial charge on any atom is 0.290 e. The van der Waals surface area contributed by atoms with E-state index in [-0.39, 0.29) is 29.9 Å². The molecule has 1 fully saturated rings. The molecule has 28 heavy (non-hydrogen) atoms. The summed E-state index contributed by atoms with van der Waals surface area (Å²) in [5.41, 5.74) is 0.977. The second-order valence-electron chi connectivity index (χ2n) is 7.01. The number of nitrogens with one attached hydrogen (secondary N) is 1. The lowest BCUT2D eigenvalue weighted by Crippen LogP contribution is -2.45. The molecule has 3 rings (SSSR count). The molecular weight excluding hydrogens is 362 g/mol. The van der Waals surface area contributed by atoms with Crippen molar-refractivity contribution in [3.05, 3.63) is 58.0 Å². The Morgan fingerprint density at radius 1 is 1.25 bits per heavy atom. The number of nitro benzene ring substituents is 1. The van der Waals surface area contributed by atoms with Crippen molar-refractivity contribution < 1.29 is 18.9 Å². The molecule has 0 unspecified atom stereocenters. The summed E-state index contributed by atoms with van der Waals surface area (Å²) < 4.78 is 5.23. The molecule has 1 aromatic carbocycles. The number of hydrogen-bond donors (Lipinski definition) is 1.